The van der Waals surface area contributed by atoms with Crippen molar-refractivity contribution in [2.24, 2.45) is 0 Å². The molecule has 3 nitrogen and oxygen atoms in total. The predicted molar refractivity (Wildman–Crippen MR) is 84.4 cm³/mol. The molecular formula is C17H16Cl2O3SiZr. The maximum atomic E-state index is 12.1. The van der Waals surface area contributed by atoms with Gasteiger partial charge in [0.1, 0.15) is 0 Å². The van der Waals surface area contributed by atoms with Crippen molar-refractivity contribution in [2.45, 2.75) is 10.2 Å². The summed E-state index contributed by atoms with van der Waals surface area (Å²) in [5.74, 6) is 0.250. The number of carbonyl (C=O) groups is 1. The number of carbonyl (C=O) groups excluding carboxylic acids is 1. The van der Waals surface area contributed by atoms with E-state index in [4.69, 9.17) is 4.74 Å². The number of rotatable bonds is 5. The fourth-order valence-corrected chi connectivity index (χ4v) is 8.91. The van der Waals surface area contributed by atoms with E-state index >= 15 is 0 Å². The summed E-state index contributed by atoms with van der Waals surface area (Å²) in [5, 5.41) is 11.8. The van der Waals surface area contributed by atoms with Gasteiger partial charge in [-0.15, -0.1) is 0 Å². The first-order valence-corrected chi connectivity index (χ1v) is 11.5. The minimum Gasteiger partial charge on any atom is -1.00 e. The van der Waals surface area contributed by atoms with Crippen LogP contribution in [0.15, 0.2) is 46.3 Å². The Bertz CT molecular complexity index is 786. The Morgan fingerprint density at radius 2 is 1.92 bits per heavy atom. The van der Waals surface area contributed by atoms with Crippen LogP contribution in [0.25, 0.3) is 8.85 Å². The summed E-state index contributed by atoms with van der Waals surface area (Å²) in [4.78, 5) is 12.1. The predicted octanol–water partition coefficient (Wildman–Crippen LogP) is -4.78. The number of benzene rings is 1. The molecule has 124 valence electrons. The van der Waals surface area contributed by atoms with Crippen LogP contribution in [0.2, 0.25) is 0 Å². The SMILES string of the molecule is CO[CH](CCO)[Zr+2][C]1=C2C(=CC(=O)C3=C2[SiH2]3)c2ccccc21.[Cl-].[Cl-]. The van der Waals surface area contributed by atoms with Gasteiger partial charge < -0.3 is 24.8 Å². The Labute approximate surface area is 167 Å². The van der Waals surface area contributed by atoms with E-state index in [1.165, 1.54) is 25.2 Å². The maximum absolute atomic E-state index is 12.1. The molecule has 0 saturated heterocycles. The number of hydrogen-bond donors (Lipinski definition) is 1. The molecule has 2 aliphatic carbocycles. The Morgan fingerprint density at radius 3 is 2.58 bits per heavy atom. The third-order valence-corrected chi connectivity index (χ3v) is 10.3. The number of ether oxygens (including phenoxy) is 1. The number of allylic oxidation sites excluding steroid dienone is 5. The summed E-state index contributed by atoms with van der Waals surface area (Å²) < 4.78 is 7.26. The molecule has 1 aromatic carbocycles. The van der Waals surface area contributed by atoms with Crippen molar-refractivity contribution in [3.05, 3.63) is 57.4 Å². The van der Waals surface area contributed by atoms with Gasteiger partial charge in [-0.25, -0.2) is 0 Å². The van der Waals surface area contributed by atoms with Crippen molar-refractivity contribution in [2.75, 3.05) is 13.7 Å². The molecule has 1 N–H and O–H groups in total. The maximum Gasteiger partial charge on any atom is -1.00 e. The van der Waals surface area contributed by atoms with Gasteiger partial charge in [0, 0.05) is 0 Å². The smallest absolute Gasteiger partial charge is 1.00 e. The van der Waals surface area contributed by atoms with Crippen molar-refractivity contribution in [3.8, 4) is 0 Å². The monoisotopic (exact) mass is 456 g/mol. The number of ketones is 1. The van der Waals surface area contributed by atoms with Crippen LogP contribution in [0.3, 0.4) is 0 Å². The van der Waals surface area contributed by atoms with E-state index in [9.17, 15) is 9.90 Å². The minimum absolute atomic E-state index is 0. The average molecular weight is 459 g/mol. The van der Waals surface area contributed by atoms with Gasteiger partial charge in [0.05, 0.1) is 0 Å². The number of halogens is 2. The number of aliphatic hydroxyl groups is 1. The van der Waals surface area contributed by atoms with Gasteiger partial charge >= 0.3 is 143 Å². The number of hydrogen-bond acceptors (Lipinski definition) is 3. The largest absolute Gasteiger partial charge is 1.00 e. The molecule has 0 fully saturated rings. The Hall–Kier alpha value is -0.290. The van der Waals surface area contributed by atoms with E-state index in [1.54, 1.807) is 7.11 Å². The molecule has 1 aliphatic heterocycles. The van der Waals surface area contributed by atoms with Crippen LogP contribution in [-0.4, -0.2) is 37.9 Å². The second-order valence-corrected chi connectivity index (χ2v) is 11.0. The fraction of sp³-hybridized carbons (Fsp3) is 0.235. The number of aliphatic hydroxyl groups excluding tert-OH is 1. The molecule has 7 heteroatoms. The molecule has 0 aromatic heterocycles. The summed E-state index contributed by atoms with van der Waals surface area (Å²) in [6, 6.07) is 8.43. The van der Waals surface area contributed by atoms with Crippen molar-refractivity contribution in [1.82, 2.24) is 0 Å². The number of fused-ring (bicyclic) bond motifs is 4. The number of methoxy groups -OCH3 is 1. The van der Waals surface area contributed by atoms with Gasteiger partial charge in [0.2, 0.25) is 0 Å². The normalized spacial score (nSPS) is 18.8. The molecule has 0 bridgehead atoms. The second kappa shape index (κ2) is 7.94. The summed E-state index contributed by atoms with van der Waals surface area (Å²) in [7, 11) is 1.31. The zero-order valence-electron chi connectivity index (χ0n) is 13.1. The Kier molecular flexibility index (Phi) is 6.63. The molecular weight excluding hydrogens is 442 g/mol. The van der Waals surface area contributed by atoms with Crippen LogP contribution in [0.5, 0.6) is 0 Å². The summed E-state index contributed by atoms with van der Waals surface area (Å²) >= 11 is -1.00. The van der Waals surface area contributed by atoms with Crippen molar-refractivity contribution in [1.29, 1.82) is 0 Å². The zero-order chi connectivity index (χ0) is 15.3. The standard InChI is InChI=1S/C13H7OSi.C4H9O2.2ClH.Zr/c14-11-6-9-8-4-2-1-3-7(8)5-10(9)12-13(11)15-12;1-6-4-2-3-5;;;/h1-4,6H,15H2;4-5H,2-3H2,1H3;2*1H;/q;;;;+2/p-2. The molecule has 3 aliphatic rings. The molecule has 1 unspecified atom stereocenters. The van der Waals surface area contributed by atoms with E-state index in [1.807, 2.05) is 12.1 Å². The van der Waals surface area contributed by atoms with Gasteiger partial charge in [0.15, 0.2) is 0 Å². The van der Waals surface area contributed by atoms with E-state index < -0.39 is 32.8 Å². The van der Waals surface area contributed by atoms with Crippen molar-refractivity contribution >= 4 is 24.2 Å². The fourth-order valence-electron chi connectivity index (χ4n) is 3.31. The molecule has 1 aromatic rings. The van der Waals surface area contributed by atoms with Crippen LogP contribution in [-0.2, 0) is 32.8 Å². The molecule has 0 amide bonds. The summed E-state index contributed by atoms with van der Waals surface area (Å²) in [5.41, 5.74) is 5.05. The first-order chi connectivity index (χ1) is 10.7. The van der Waals surface area contributed by atoms with E-state index in [-0.39, 0.29) is 41.0 Å². The quantitative estimate of drug-likeness (QED) is 0.451. The van der Waals surface area contributed by atoms with Gasteiger partial charge in [0.25, 0.3) is 0 Å². The van der Waals surface area contributed by atoms with Crippen LogP contribution in [0, 0.1) is 0 Å². The van der Waals surface area contributed by atoms with E-state index in [2.05, 4.69) is 18.2 Å². The van der Waals surface area contributed by atoms with Gasteiger partial charge in [-0.05, 0) is 0 Å². The zero-order valence-corrected chi connectivity index (χ0v) is 18.5. The van der Waals surface area contributed by atoms with Crippen molar-refractivity contribution < 1.29 is 62.7 Å². The third kappa shape index (κ3) is 3.23. The first kappa shape index (κ1) is 20.0. The van der Waals surface area contributed by atoms with Crippen LogP contribution >= 0.6 is 0 Å². The minimum atomic E-state index is -1.00. The van der Waals surface area contributed by atoms with Crippen molar-refractivity contribution in [3.63, 3.8) is 0 Å². The second-order valence-electron chi connectivity index (χ2n) is 5.73. The Morgan fingerprint density at radius 1 is 1.21 bits per heavy atom. The van der Waals surface area contributed by atoms with E-state index in [0.717, 1.165) is 10.8 Å². The molecule has 1 atom stereocenters. The summed E-state index contributed by atoms with van der Waals surface area (Å²) in [6.07, 6.45) is 2.57. The molecule has 1 heterocycles. The third-order valence-electron chi connectivity index (χ3n) is 4.45. The molecule has 0 spiro atoms. The van der Waals surface area contributed by atoms with Gasteiger partial charge in [-0.2, -0.15) is 0 Å². The molecule has 0 saturated carbocycles. The first-order valence-electron chi connectivity index (χ1n) is 7.47. The van der Waals surface area contributed by atoms with E-state index in [0.29, 0.717) is 6.42 Å². The summed E-state index contributed by atoms with van der Waals surface area (Å²) in [6.45, 7) is 0.174. The molecule has 4 rings (SSSR count). The van der Waals surface area contributed by atoms with Crippen LogP contribution in [0.4, 0.5) is 0 Å². The molecule has 0 radical (unpaired) electrons. The van der Waals surface area contributed by atoms with Gasteiger partial charge in [-0.3, -0.25) is 0 Å². The topological polar surface area (TPSA) is 46.5 Å². The van der Waals surface area contributed by atoms with Crippen LogP contribution < -0.4 is 24.8 Å². The van der Waals surface area contributed by atoms with Gasteiger partial charge in [-0.1, -0.05) is 0 Å². The van der Waals surface area contributed by atoms with Crippen LogP contribution in [0.1, 0.15) is 17.5 Å². The average Bonchev–Trinajstić information content (AvgIpc) is 3.28. The molecule has 24 heavy (non-hydrogen) atoms. The Balaban J connectivity index is 0.00000104.